The van der Waals surface area contributed by atoms with Gasteiger partial charge in [0.05, 0.1) is 11.4 Å². The summed E-state index contributed by atoms with van der Waals surface area (Å²) in [6, 6.07) is 0. The molecule has 0 aromatic carbocycles. The second-order valence-corrected chi connectivity index (χ2v) is 7.86. The average Bonchev–Trinajstić information content (AvgIpc) is 2.64. The first-order chi connectivity index (χ1) is 8.92. The molecule has 106 valence electrons. The van der Waals surface area contributed by atoms with Crippen LogP contribution in [-0.4, -0.2) is 25.2 Å². The van der Waals surface area contributed by atoms with Crippen molar-refractivity contribution in [2.24, 2.45) is 5.92 Å². The number of rotatable bonds is 6. The number of carboxylic acid groups (broad SMARTS) is 1. The van der Waals surface area contributed by atoms with E-state index in [1.807, 2.05) is 0 Å². The van der Waals surface area contributed by atoms with Gasteiger partial charge in [-0.1, -0.05) is 19.3 Å². The van der Waals surface area contributed by atoms with Gasteiger partial charge in [-0.15, -0.1) is 11.3 Å². The Hall–Kier alpha value is -1.08. The summed E-state index contributed by atoms with van der Waals surface area (Å²) in [4.78, 5) is 10.7. The van der Waals surface area contributed by atoms with Crippen LogP contribution in [0.4, 0.5) is 5.69 Å². The summed E-state index contributed by atoms with van der Waals surface area (Å²) in [6.45, 7) is 0. The predicted molar refractivity (Wildman–Crippen MR) is 74.3 cm³/mol. The molecule has 1 fully saturated rings. The normalized spacial score (nSPS) is 16.2. The number of anilines is 1. The summed E-state index contributed by atoms with van der Waals surface area (Å²) < 4.78 is 24.2. The van der Waals surface area contributed by atoms with E-state index in [0.29, 0.717) is 12.3 Å². The highest BCUT2D eigenvalue weighted by Crippen LogP contribution is 2.33. The maximum Gasteiger partial charge on any atom is 0.348 e. The Kier molecular flexibility index (Phi) is 4.15. The van der Waals surface area contributed by atoms with E-state index in [0.717, 1.165) is 17.8 Å². The number of hydrogen-bond donors (Lipinski definition) is 2. The Morgan fingerprint density at radius 3 is 2.63 bits per heavy atom. The Bertz CT molecular complexity index is 573. The third-order valence-corrected chi connectivity index (χ3v) is 6.54. The van der Waals surface area contributed by atoms with Crippen molar-refractivity contribution in [1.82, 2.24) is 0 Å². The summed E-state index contributed by atoms with van der Waals surface area (Å²) >= 11 is 0.863. The molecule has 1 aromatic rings. The van der Waals surface area contributed by atoms with E-state index in [2.05, 4.69) is 0 Å². The summed E-state index contributed by atoms with van der Waals surface area (Å²) in [5.41, 5.74) is 5.49. The minimum atomic E-state index is -3.46. The van der Waals surface area contributed by atoms with E-state index in [1.165, 1.54) is 24.6 Å². The molecule has 0 amide bonds. The van der Waals surface area contributed by atoms with Gasteiger partial charge in [0.25, 0.3) is 0 Å². The van der Waals surface area contributed by atoms with Gasteiger partial charge in [-0.3, -0.25) is 0 Å². The molecule has 1 heterocycles. The van der Waals surface area contributed by atoms with Gasteiger partial charge in [-0.25, -0.2) is 13.2 Å². The van der Waals surface area contributed by atoms with Crippen LogP contribution in [0.3, 0.4) is 0 Å². The van der Waals surface area contributed by atoms with Crippen molar-refractivity contribution in [3.05, 3.63) is 10.3 Å². The number of hydrogen-bond acceptors (Lipinski definition) is 5. The number of sulfone groups is 1. The van der Waals surface area contributed by atoms with Crippen molar-refractivity contribution in [3.63, 3.8) is 0 Å². The Morgan fingerprint density at radius 1 is 1.47 bits per heavy atom. The second-order valence-electron chi connectivity index (χ2n) is 4.91. The van der Waals surface area contributed by atoms with Crippen LogP contribution < -0.4 is 5.73 Å². The molecule has 1 aliphatic rings. The molecule has 1 aromatic heterocycles. The van der Waals surface area contributed by atoms with E-state index in [4.69, 9.17) is 10.8 Å². The van der Waals surface area contributed by atoms with Crippen LogP contribution >= 0.6 is 11.3 Å². The van der Waals surface area contributed by atoms with Crippen LogP contribution in [0.15, 0.2) is 10.3 Å². The van der Waals surface area contributed by atoms with Gasteiger partial charge in [-0.05, 0) is 18.8 Å². The van der Waals surface area contributed by atoms with Crippen molar-refractivity contribution in [3.8, 4) is 0 Å². The van der Waals surface area contributed by atoms with E-state index in [9.17, 15) is 13.2 Å². The summed E-state index contributed by atoms with van der Waals surface area (Å²) in [5, 5.41) is 10.2. The Balaban J connectivity index is 2.04. The monoisotopic (exact) mass is 303 g/mol. The molecule has 0 saturated heterocycles. The predicted octanol–water partition coefficient (Wildman–Crippen LogP) is 2.38. The summed E-state index contributed by atoms with van der Waals surface area (Å²) in [5.74, 6) is -0.466. The average molecular weight is 303 g/mol. The second kappa shape index (κ2) is 5.50. The van der Waals surface area contributed by atoms with E-state index < -0.39 is 15.8 Å². The topological polar surface area (TPSA) is 97.5 Å². The van der Waals surface area contributed by atoms with Crippen LogP contribution in [-0.2, 0) is 9.84 Å². The molecule has 0 atom stereocenters. The standard InChI is InChI=1S/C12H17NO4S2/c13-10-9(7-18-11(10)12(14)15)19(16,17)6-2-5-8-3-1-4-8/h7-8H,1-6,13H2,(H,14,15). The third-order valence-electron chi connectivity index (χ3n) is 3.57. The van der Waals surface area contributed by atoms with Gasteiger partial charge in [-0.2, -0.15) is 0 Å². The summed E-state index contributed by atoms with van der Waals surface area (Å²) in [7, 11) is -3.46. The lowest BCUT2D eigenvalue weighted by Gasteiger charge is -2.24. The number of carboxylic acids is 1. The number of aromatic carboxylic acids is 1. The lowest BCUT2D eigenvalue weighted by Crippen LogP contribution is -2.14. The maximum atomic E-state index is 12.1. The highest BCUT2D eigenvalue weighted by Gasteiger charge is 2.25. The van der Waals surface area contributed by atoms with Crippen LogP contribution in [0.5, 0.6) is 0 Å². The lowest BCUT2D eigenvalue weighted by molar-refractivity contribution is 0.0703. The van der Waals surface area contributed by atoms with Crippen LogP contribution in [0.1, 0.15) is 41.8 Å². The van der Waals surface area contributed by atoms with E-state index in [1.54, 1.807) is 0 Å². The molecule has 0 aliphatic heterocycles. The fourth-order valence-electron chi connectivity index (χ4n) is 2.21. The van der Waals surface area contributed by atoms with Gasteiger partial charge < -0.3 is 10.8 Å². The molecule has 1 saturated carbocycles. The van der Waals surface area contributed by atoms with Crippen molar-refractivity contribution in [1.29, 1.82) is 0 Å². The molecule has 0 spiro atoms. The molecule has 0 radical (unpaired) electrons. The van der Waals surface area contributed by atoms with Crippen LogP contribution in [0.25, 0.3) is 0 Å². The molecule has 7 heteroatoms. The number of nitrogen functional groups attached to an aromatic ring is 1. The Labute approximate surface area is 116 Å². The van der Waals surface area contributed by atoms with Gasteiger partial charge in [0.1, 0.15) is 9.77 Å². The van der Waals surface area contributed by atoms with E-state index in [-0.39, 0.29) is 21.2 Å². The molecule has 1 aliphatic carbocycles. The van der Waals surface area contributed by atoms with Gasteiger partial charge in [0.15, 0.2) is 9.84 Å². The lowest BCUT2D eigenvalue weighted by atomic mass is 9.82. The fraction of sp³-hybridized carbons (Fsp3) is 0.583. The molecule has 19 heavy (non-hydrogen) atoms. The highest BCUT2D eigenvalue weighted by atomic mass is 32.2. The number of nitrogens with two attached hydrogens (primary N) is 1. The van der Waals surface area contributed by atoms with Crippen molar-refractivity contribution < 1.29 is 18.3 Å². The van der Waals surface area contributed by atoms with Gasteiger partial charge in [0, 0.05) is 5.38 Å². The van der Waals surface area contributed by atoms with Gasteiger partial charge >= 0.3 is 5.97 Å². The van der Waals surface area contributed by atoms with Crippen molar-refractivity contribution in [2.75, 3.05) is 11.5 Å². The van der Waals surface area contributed by atoms with Gasteiger partial charge in [0.2, 0.25) is 0 Å². The first-order valence-corrected chi connectivity index (χ1v) is 8.78. The third kappa shape index (κ3) is 3.09. The van der Waals surface area contributed by atoms with Crippen LogP contribution in [0, 0.1) is 5.92 Å². The van der Waals surface area contributed by atoms with Crippen LogP contribution in [0.2, 0.25) is 0 Å². The maximum absolute atomic E-state index is 12.1. The molecular weight excluding hydrogens is 286 g/mol. The minimum Gasteiger partial charge on any atom is -0.477 e. The first-order valence-electron chi connectivity index (χ1n) is 6.25. The number of carbonyl (C=O) groups is 1. The zero-order valence-electron chi connectivity index (χ0n) is 10.5. The molecular formula is C12H17NO4S2. The van der Waals surface area contributed by atoms with Crippen molar-refractivity contribution >= 4 is 32.8 Å². The minimum absolute atomic E-state index is 0.0245. The zero-order valence-corrected chi connectivity index (χ0v) is 12.1. The fourth-order valence-corrected chi connectivity index (χ4v) is 4.90. The smallest absolute Gasteiger partial charge is 0.348 e. The number of thiophene rings is 1. The molecule has 0 unspecified atom stereocenters. The van der Waals surface area contributed by atoms with Crippen molar-refractivity contribution in [2.45, 2.75) is 37.0 Å². The SMILES string of the molecule is Nc1c(S(=O)(=O)CCCC2CCC2)csc1C(=O)O. The zero-order chi connectivity index (χ0) is 14.0. The summed E-state index contributed by atoms with van der Waals surface area (Å²) in [6.07, 6.45) is 5.18. The van der Waals surface area contributed by atoms with E-state index >= 15 is 0 Å². The highest BCUT2D eigenvalue weighted by molar-refractivity contribution is 7.91. The quantitative estimate of drug-likeness (QED) is 0.841. The molecule has 2 rings (SSSR count). The first kappa shape index (κ1) is 14.3. The molecule has 3 N–H and O–H groups in total. The largest absolute Gasteiger partial charge is 0.477 e. The Morgan fingerprint density at radius 2 is 2.16 bits per heavy atom. The molecule has 0 bridgehead atoms. The molecule has 5 nitrogen and oxygen atoms in total.